The molecule has 1 aliphatic rings. The summed E-state index contributed by atoms with van der Waals surface area (Å²) in [7, 11) is 0. The molecule has 0 saturated heterocycles. The summed E-state index contributed by atoms with van der Waals surface area (Å²) in [6, 6.07) is 4.47. The molecule has 1 unspecified atom stereocenters. The molecule has 1 nitrogen and oxygen atoms in total. The number of halogens is 2. The molecule has 2 rings (SSSR count). The van der Waals surface area contributed by atoms with Crippen LogP contribution in [0.4, 0.5) is 4.39 Å². The van der Waals surface area contributed by atoms with Crippen molar-refractivity contribution in [3.8, 4) is 0 Å². The van der Waals surface area contributed by atoms with Crippen molar-refractivity contribution in [2.24, 2.45) is 5.92 Å². The SMILES string of the molecule is OC(c1ccc(Cl)cc1F)C1CCCC1. The zero-order valence-corrected chi connectivity index (χ0v) is 9.17. The van der Waals surface area contributed by atoms with E-state index in [0.29, 0.717) is 10.6 Å². The van der Waals surface area contributed by atoms with Gasteiger partial charge in [0.2, 0.25) is 0 Å². The summed E-state index contributed by atoms with van der Waals surface area (Å²) in [6.07, 6.45) is 3.57. The summed E-state index contributed by atoms with van der Waals surface area (Å²) in [5.41, 5.74) is 0.381. The standard InChI is InChI=1S/C12H14ClFO/c13-9-5-6-10(11(14)7-9)12(15)8-3-1-2-4-8/h5-8,12,15H,1-4H2. The van der Waals surface area contributed by atoms with E-state index in [1.54, 1.807) is 12.1 Å². The van der Waals surface area contributed by atoms with Gasteiger partial charge in [-0.2, -0.15) is 0 Å². The van der Waals surface area contributed by atoms with Crippen molar-refractivity contribution in [2.45, 2.75) is 31.8 Å². The molecule has 15 heavy (non-hydrogen) atoms. The molecule has 1 aliphatic carbocycles. The van der Waals surface area contributed by atoms with Gasteiger partial charge >= 0.3 is 0 Å². The van der Waals surface area contributed by atoms with E-state index in [1.165, 1.54) is 6.07 Å². The van der Waals surface area contributed by atoms with Gasteiger partial charge in [-0.1, -0.05) is 30.5 Å². The molecule has 1 aromatic carbocycles. The molecule has 82 valence electrons. The first kappa shape index (κ1) is 10.9. The zero-order chi connectivity index (χ0) is 10.8. The van der Waals surface area contributed by atoms with Crippen LogP contribution in [0.25, 0.3) is 0 Å². The minimum absolute atomic E-state index is 0.209. The van der Waals surface area contributed by atoms with Crippen molar-refractivity contribution >= 4 is 11.6 Å². The number of benzene rings is 1. The lowest BCUT2D eigenvalue weighted by atomic mass is 9.94. The zero-order valence-electron chi connectivity index (χ0n) is 8.42. The molecule has 0 bridgehead atoms. The number of aliphatic hydroxyl groups is 1. The number of hydrogen-bond donors (Lipinski definition) is 1. The van der Waals surface area contributed by atoms with Gasteiger partial charge in [-0.05, 0) is 30.9 Å². The predicted molar refractivity (Wildman–Crippen MR) is 58.3 cm³/mol. The van der Waals surface area contributed by atoms with E-state index < -0.39 is 11.9 Å². The third-order valence-corrected chi connectivity index (χ3v) is 3.36. The quantitative estimate of drug-likeness (QED) is 0.818. The maximum Gasteiger partial charge on any atom is 0.130 e. The molecule has 1 atom stereocenters. The molecular formula is C12H14ClFO. The molecule has 0 heterocycles. The van der Waals surface area contributed by atoms with Crippen molar-refractivity contribution in [2.75, 3.05) is 0 Å². The van der Waals surface area contributed by atoms with Crippen molar-refractivity contribution in [1.82, 2.24) is 0 Å². The molecule has 1 N–H and O–H groups in total. The maximum atomic E-state index is 13.5. The Morgan fingerprint density at radius 2 is 2.00 bits per heavy atom. The van der Waals surface area contributed by atoms with E-state index in [0.717, 1.165) is 25.7 Å². The van der Waals surface area contributed by atoms with E-state index in [4.69, 9.17) is 11.6 Å². The van der Waals surface area contributed by atoms with E-state index in [2.05, 4.69) is 0 Å². The number of rotatable bonds is 2. The Balaban J connectivity index is 2.20. The highest BCUT2D eigenvalue weighted by Crippen LogP contribution is 2.36. The van der Waals surface area contributed by atoms with Crippen LogP contribution in [0.15, 0.2) is 18.2 Å². The lowest BCUT2D eigenvalue weighted by molar-refractivity contribution is 0.108. The Kier molecular flexibility index (Phi) is 3.27. The lowest BCUT2D eigenvalue weighted by Crippen LogP contribution is -2.10. The number of aliphatic hydroxyl groups excluding tert-OH is 1. The molecule has 3 heteroatoms. The molecular weight excluding hydrogens is 215 g/mol. The van der Waals surface area contributed by atoms with E-state index in [1.807, 2.05) is 0 Å². The van der Waals surface area contributed by atoms with Gasteiger partial charge in [0.05, 0.1) is 6.10 Å². The third-order valence-electron chi connectivity index (χ3n) is 3.13. The normalized spacial score (nSPS) is 19.4. The van der Waals surface area contributed by atoms with E-state index >= 15 is 0 Å². The van der Waals surface area contributed by atoms with Crippen LogP contribution in [0.3, 0.4) is 0 Å². The van der Waals surface area contributed by atoms with E-state index in [-0.39, 0.29) is 5.92 Å². The summed E-state index contributed by atoms with van der Waals surface area (Å²) in [4.78, 5) is 0. The molecule has 1 saturated carbocycles. The van der Waals surface area contributed by atoms with Crippen LogP contribution in [-0.2, 0) is 0 Å². The topological polar surface area (TPSA) is 20.2 Å². The first-order valence-corrected chi connectivity index (χ1v) is 5.69. The fraction of sp³-hybridized carbons (Fsp3) is 0.500. The molecule has 1 aromatic rings. The molecule has 0 amide bonds. The van der Waals surface area contributed by atoms with Crippen LogP contribution < -0.4 is 0 Å². The Hall–Kier alpha value is -0.600. The average Bonchev–Trinajstić information content (AvgIpc) is 2.69. The highest BCUT2D eigenvalue weighted by molar-refractivity contribution is 6.30. The fourth-order valence-corrected chi connectivity index (χ4v) is 2.43. The van der Waals surface area contributed by atoms with Crippen LogP contribution in [0.1, 0.15) is 37.4 Å². The summed E-state index contributed by atoms with van der Waals surface area (Å²) in [6.45, 7) is 0. The smallest absolute Gasteiger partial charge is 0.130 e. The summed E-state index contributed by atoms with van der Waals surface area (Å²) < 4.78 is 13.5. The van der Waals surface area contributed by atoms with Crippen LogP contribution in [0, 0.1) is 11.7 Å². The van der Waals surface area contributed by atoms with Gasteiger partial charge in [-0.15, -0.1) is 0 Å². The van der Waals surface area contributed by atoms with E-state index in [9.17, 15) is 9.50 Å². The second kappa shape index (κ2) is 4.50. The van der Waals surface area contributed by atoms with Gasteiger partial charge < -0.3 is 5.11 Å². The third kappa shape index (κ3) is 2.32. The van der Waals surface area contributed by atoms with Crippen LogP contribution in [0.5, 0.6) is 0 Å². The first-order valence-electron chi connectivity index (χ1n) is 5.31. The van der Waals surface area contributed by atoms with Crippen LogP contribution in [-0.4, -0.2) is 5.11 Å². The molecule has 0 radical (unpaired) electrons. The summed E-state index contributed by atoms with van der Waals surface area (Å²) >= 11 is 5.66. The lowest BCUT2D eigenvalue weighted by Gasteiger charge is -2.18. The van der Waals surface area contributed by atoms with Crippen molar-refractivity contribution in [1.29, 1.82) is 0 Å². The van der Waals surface area contributed by atoms with Gasteiger partial charge in [0.15, 0.2) is 0 Å². The second-order valence-electron chi connectivity index (χ2n) is 4.16. The Morgan fingerprint density at radius 3 is 2.60 bits per heavy atom. The average molecular weight is 229 g/mol. The largest absolute Gasteiger partial charge is 0.388 e. The van der Waals surface area contributed by atoms with Gasteiger partial charge in [-0.3, -0.25) is 0 Å². The van der Waals surface area contributed by atoms with Gasteiger partial charge in [0, 0.05) is 10.6 Å². The van der Waals surface area contributed by atoms with Crippen molar-refractivity contribution < 1.29 is 9.50 Å². The van der Waals surface area contributed by atoms with Gasteiger partial charge in [0.1, 0.15) is 5.82 Å². The monoisotopic (exact) mass is 228 g/mol. The highest BCUT2D eigenvalue weighted by atomic mass is 35.5. The Bertz CT molecular complexity index is 347. The Morgan fingerprint density at radius 1 is 1.33 bits per heavy atom. The first-order chi connectivity index (χ1) is 7.18. The minimum atomic E-state index is -0.676. The van der Waals surface area contributed by atoms with Crippen LogP contribution in [0.2, 0.25) is 5.02 Å². The van der Waals surface area contributed by atoms with Gasteiger partial charge in [0.25, 0.3) is 0 Å². The summed E-state index contributed by atoms with van der Waals surface area (Å²) in [5, 5.41) is 10.4. The highest BCUT2D eigenvalue weighted by Gasteiger charge is 2.26. The summed E-state index contributed by atoms with van der Waals surface area (Å²) in [5.74, 6) is -0.192. The minimum Gasteiger partial charge on any atom is -0.388 e. The molecule has 0 aromatic heterocycles. The van der Waals surface area contributed by atoms with Crippen molar-refractivity contribution in [3.63, 3.8) is 0 Å². The predicted octanol–water partition coefficient (Wildman–Crippen LogP) is 3.70. The number of hydrogen-bond acceptors (Lipinski definition) is 1. The molecule has 1 fully saturated rings. The van der Waals surface area contributed by atoms with Gasteiger partial charge in [-0.25, -0.2) is 4.39 Å². The Labute approximate surface area is 93.9 Å². The maximum absolute atomic E-state index is 13.5. The van der Waals surface area contributed by atoms with Crippen molar-refractivity contribution in [3.05, 3.63) is 34.6 Å². The molecule has 0 aliphatic heterocycles. The van der Waals surface area contributed by atoms with Crippen LogP contribution >= 0.6 is 11.6 Å². The fourth-order valence-electron chi connectivity index (χ4n) is 2.27. The molecule has 0 spiro atoms. The second-order valence-corrected chi connectivity index (χ2v) is 4.59.